The highest BCUT2D eigenvalue weighted by Crippen LogP contribution is 2.59. The average molecular weight is 617 g/mol. The van der Waals surface area contributed by atoms with E-state index < -0.39 is 20.0 Å². The molecule has 3 aliphatic rings. The van der Waals surface area contributed by atoms with Crippen molar-refractivity contribution in [3.63, 3.8) is 0 Å². The van der Waals surface area contributed by atoms with Crippen LogP contribution in [-0.2, 0) is 32.9 Å². The van der Waals surface area contributed by atoms with Crippen molar-refractivity contribution in [1.82, 2.24) is 4.90 Å². The van der Waals surface area contributed by atoms with Gasteiger partial charge < -0.3 is 24.4 Å². The number of nitrogens with zero attached hydrogens (tertiary/aromatic N) is 2. The van der Waals surface area contributed by atoms with Crippen LogP contribution in [-0.4, -0.2) is 60.2 Å². The van der Waals surface area contributed by atoms with E-state index in [1.807, 2.05) is 67.4 Å². The summed E-state index contributed by atoms with van der Waals surface area (Å²) in [4.78, 5) is 43.7. The fourth-order valence-corrected chi connectivity index (χ4v) is 10.2. The molecule has 2 aromatic rings. The van der Waals surface area contributed by atoms with Crippen molar-refractivity contribution in [1.29, 1.82) is 0 Å². The second-order valence-electron chi connectivity index (χ2n) is 13.7. The topological polar surface area (TPSA) is 90.3 Å². The molecular weight excluding hydrogens is 568 g/mol. The molecule has 0 unspecified atom stereocenters. The molecule has 0 aromatic heterocycles. The number of aliphatic hydroxyl groups is 1. The third kappa shape index (κ3) is 5.97. The van der Waals surface area contributed by atoms with Crippen LogP contribution < -0.4 is 4.90 Å². The zero-order valence-corrected chi connectivity index (χ0v) is 28.0. The van der Waals surface area contributed by atoms with Gasteiger partial charge >= 0.3 is 0 Å². The largest absolute Gasteiger partial charge is 0.432 e. The van der Waals surface area contributed by atoms with Crippen LogP contribution in [0.25, 0.3) is 0 Å². The molecule has 2 N–H and O–H groups in total. The van der Waals surface area contributed by atoms with E-state index >= 15 is 0 Å². The van der Waals surface area contributed by atoms with Gasteiger partial charge in [0.15, 0.2) is 13.9 Å². The molecule has 5 atom stereocenters. The van der Waals surface area contributed by atoms with Gasteiger partial charge in [0.05, 0.1) is 30.9 Å². The summed E-state index contributed by atoms with van der Waals surface area (Å²) < 4.78 is 6.87. The molecule has 0 bridgehead atoms. The lowest BCUT2D eigenvalue weighted by Gasteiger charge is -2.37. The Morgan fingerprint density at radius 3 is 2.43 bits per heavy atom. The van der Waals surface area contributed by atoms with Crippen LogP contribution in [0.3, 0.4) is 0 Å². The maximum Gasteiger partial charge on any atom is 0.264 e. The highest BCUT2D eigenvalue weighted by atomic mass is 28.4. The summed E-state index contributed by atoms with van der Waals surface area (Å²) in [7, 11) is -2.91. The maximum absolute atomic E-state index is 14.5. The van der Waals surface area contributed by atoms with Crippen LogP contribution in [0.4, 0.5) is 5.69 Å². The van der Waals surface area contributed by atoms with E-state index in [2.05, 4.69) is 39.0 Å². The summed E-state index contributed by atoms with van der Waals surface area (Å²) in [5.41, 5.74) is 4.78. The molecule has 1 saturated heterocycles. The number of hydrogen-bond donors (Lipinski definition) is 2. The van der Waals surface area contributed by atoms with Crippen molar-refractivity contribution >= 4 is 25.8 Å². The number of hydrogen-bond acceptors (Lipinski definition) is 5. The Bertz CT molecular complexity index is 1460. The van der Waals surface area contributed by atoms with E-state index in [1.54, 1.807) is 4.90 Å². The molecule has 8 heteroatoms. The van der Waals surface area contributed by atoms with Gasteiger partial charge in [0.1, 0.15) is 0 Å². The standard InChI is InChI=1S/C36H48N2O5Si/c1-24(2)12-11-13-25(3)18-19-37-31-17-10-9-16-30(31)36(35(37)41)26(4)34(44(5,6)42)32(43-36)21-33(40)38-22-28-15-8-7-14-27(28)20-29(38)23-39/h7-10,12,14-18,26,29,32,34,39,42H,11,13,19-23H2,1-6H3/b25-18+/t26-,29-,32+,34-,36+/m0/s1. The minimum Gasteiger partial charge on any atom is -0.432 e. The quantitative estimate of drug-likeness (QED) is 0.272. The molecule has 0 saturated carbocycles. The van der Waals surface area contributed by atoms with Gasteiger partial charge in [-0.05, 0) is 70.3 Å². The number of amides is 2. The van der Waals surface area contributed by atoms with Crippen LogP contribution in [0.1, 0.15) is 63.6 Å². The van der Waals surface area contributed by atoms with E-state index in [0.717, 1.165) is 35.2 Å². The van der Waals surface area contributed by atoms with E-state index in [9.17, 15) is 19.5 Å². The molecular formula is C36H48N2O5Si. The number of para-hydroxylation sites is 1. The van der Waals surface area contributed by atoms with E-state index in [0.29, 0.717) is 19.5 Å². The number of allylic oxidation sites excluding steroid dienone is 3. The molecule has 7 nitrogen and oxygen atoms in total. The van der Waals surface area contributed by atoms with Crippen LogP contribution in [0.15, 0.2) is 71.8 Å². The molecule has 5 rings (SSSR count). The monoisotopic (exact) mass is 616 g/mol. The Morgan fingerprint density at radius 1 is 1.07 bits per heavy atom. The first-order chi connectivity index (χ1) is 20.9. The second kappa shape index (κ2) is 12.8. The summed E-state index contributed by atoms with van der Waals surface area (Å²) in [5, 5.41) is 10.2. The van der Waals surface area contributed by atoms with E-state index in [4.69, 9.17) is 4.74 Å². The summed E-state index contributed by atoms with van der Waals surface area (Å²) in [5.74, 6) is -0.580. The summed E-state index contributed by atoms with van der Waals surface area (Å²) >= 11 is 0. The van der Waals surface area contributed by atoms with E-state index in [1.165, 1.54) is 11.1 Å². The Kier molecular flexibility index (Phi) is 9.38. The van der Waals surface area contributed by atoms with Crippen LogP contribution >= 0.6 is 0 Å². The highest BCUT2D eigenvalue weighted by molar-refractivity contribution is 6.71. The van der Waals surface area contributed by atoms with Crippen molar-refractivity contribution in [3.8, 4) is 0 Å². The zero-order valence-electron chi connectivity index (χ0n) is 27.0. The fraction of sp³-hybridized carbons (Fsp3) is 0.500. The Labute approximate surface area is 263 Å². The summed E-state index contributed by atoms with van der Waals surface area (Å²) in [6.45, 7) is 12.8. The predicted octanol–water partition coefficient (Wildman–Crippen LogP) is 5.86. The van der Waals surface area contributed by atoms with Gasteiger partial charge in [-0.15, -0.1) is 0 Å². The molecule has 2 aromatic carbocycles. The summed E-state index contributed by atoms with van der Waals surface area (Å²) in [6.07, 6.45) is 6.26. The van der Waals surface area contributed by atoms with Crippen molar-refractivity contribution < 1.29 is 24.2 Å². The minimum absolute atomic E-state index is 0.0469. The molecule has 44 heavy (non-hydrogen) atoms. The molecule has 1 spiro atoms. The maximum atomic E-state index is 14.5. The number of fused-ring (bicyclic) bond motifs is 3. The molecule has 0 radical (unpaired) electrons. The Morgan fingerprint density at radius 2 is 1.75 bits per heavy atom. The van der Waals surface area contributed by atoms with Crippen LogP contribution in [0.2, 0.25) is 18.6 Å². The first kappa shape index (κ1) is 32.4. The third-order valence-corrected chi connectivity index (χ3v) is 12.4. The Hall–Kier alpha value is -3.04. The fourth-order valence-electron chi connectivity index (χ4n) is 7.68. The van der Waals surface area contributed by atoms with E-state index in [-0.39, 0.29) is 42.3 Å². The number of benzene rings is 2. The van der Waals surface area contributed by atoms with Gasteiger partial charge in [-0.3, -0.25) is 9.59 Å². The molecule has 236 valence electrons. The lowest BCUT2D eigenvalue weighted by Crippen LogP contribution is -2.48. The first-order valence-electron chi connectivity index (χ1n) is 16.0. The van der Waals surface area contributed by atoms with Gasteiger partial charge in [0.25, 0.3) is 5.91 Å². The van der Waals surface area contributed by atoms with Crippen molar-refractivity contribution in [2.24, 2.45) is 5.92 Å². The zero-order chi connectivity index (χ0) is 31.8. The number of anilines is 1. The average Bonchev–Trinajstić information content (AvgIpc) is 3.41. The minimum atomic E-state index is -2.91. The summed E-state index contributed by atoms with van der Waals surface area (Å²) in [6, 6.07) is 15.5. The van der Waals surface area contributed by atoms with Gasteiger partial charge in [-0.25, -0.2) is 0 Å². The Balaban J connectivity index is 1.43. The van der Waals surface area contributed by atoms with Crippen LogP contribution in [0, 0.1) is 5.92 Å². The molecule has 0 aliphatic carbocycles. The van der Waals surface area contributed by atoms with Gasteiger partial charge in [-0.1, -0.05) is 72.7 Å². The second-order valence-corrected chi connectivity index (χ2v) is 17.7. The van der Waals surface area contributed by atoms with Gasteiger partial charge in [-0.2, -0.15) is 0 Å². The lowest BCUT2D eigenvalue weighted by molar-refractivity contribution is -0.150. The predicted molar refractivity (Wildman–Crippen MR) is 177 cm³/mol. The molecule has 2 amide bonds. The number of aliphatic hydroxyl groups excluding tert-OH is 1. The number of carbonyl (C=O) groups is 2. The molecule has 3 heterocycles. The van der Waals surface area contributed by atoms with Gasteiger partial charge in [0.2, 0.25) is 5.91 Å². The van der Waals surface area contributed by atoms with Crippen LogP contribution in [0.5, 0.6) is 0 Å². The van der Waals surface area contributed by atoms with Crippen molar-refractivity contribution in [2.75, 3.05) is 18.1 Å². The number of rotatable bonds is 9. The normalized spacial score (nSPS) is 26.6. The third-order valence-electron chi connectivity index (χ3n) is 9.87. The van der Waals surface area contributed by atoms with Crippen molar-refractivity contribution in [3.05, 3.63) is 88.5 Å². The molecule has 3 aliphatic heterocycles. The lowest BCUT2D eigenvalue weighted by atomic mass is 9.82. The van der Waals surface area contributed by atoms with Gasteiger partial charge in [0, 0.05) is 30.1 Å². The van der Waals surface area contributed by atoms with Crippen molar-refractivity contribution in [2.45, 2.75) is 96.3 Å². The highest BCUT2D eigenvalue weighted by Gasteiger charge is 2.66. The number of carbonyl (C=O) groups excluding carboxylic acids is 2. The first-order valence-corrected chi connectivity index (χ1v) is 19.0. The SMILES string of the molecule is CC(C)=CCC/C(C)=C/CN1C(=O)[C@]2(O[C@H](CC(=O)N3Cc4ccccc4C[C@H]3CO)[C@@H]([Si](C)(C)O)[C@@H]2C)c2ccccc21. The molecule has 1 fully saturated rings. The number of ether oxygens (including phenoxy) is 1. The smallest absolute Gasteiger partial charge is 0.264 e.